The molecule has 0 heterocycles. The lowest BCUT2D eigenvalue weighted by Crippen LogP contribution is -2.37. The maximum Gasteiger partial charge on any atom is 0.261 e. The van der Waals surface area contributed by atoms with Gasteiger partial charge in [0.2, 0.25) is 0 Å². The maximum absolute atomic E-state index is 12.2. The number of rotatable bonds is 6. The molecule has 4 nitrogen and oxygen atoms in total. The number of ether oxygens (including phenoxy) is 2. The van der Waals surface area contributed by atoms with Gasteiger partial charge in [-0.3, -0.25) is 4.79 Å². The predicted molar refractivity (Wildman–Crippen MR) is 86.1 cm³/mol. The van der Waals surface area contributed by atoms with Crippen LogP contribution >= 0.6 is 0 Å². The molecule has 0 bridgehead atoms. The molecule has 2 atom stereocenters. The molecule has 0 aliphatic rings. The monoisotopic (exact) mass is 299 g/mol. The second kappa shape index (κ2) is 7.50. The van der Waals surface area contributed by atoms with Crippen LogP contribution in [0, 0.1) is 0 Å². The van der Waals surface area contributed by atoms with E-state index in [9.17, 15) is 4.79 Å². The first-order chi connectivity index (χ1) is 10.6. The Balaban J connectivity index is 1.94. The van der Waals surface area contributed by atoms with Crippen molar-refractivity contribution < 1.29 is 14.3 Å². The van der Waals surface area contributed by atoms with Gasteiger partial charge in [0.25, 0.3) is 5.91 Å². The summed E-state index contributed by atoms with van der Waals surface area (Å²) in [4.78, 5) is 12.2. The van der Waals surface area contributed by atoms with Crippen LogP contribution < -0.4 is 14.8 Å². The zero-order valence-electron chi connectivity index (χ0n) is 13.1. The number of benzene rings is 2. The number of carbonyl (C=O) groups excluding carboxylic acids is 1. The molecule has 0 radical (unpaired) electrons. The lowest BCUT2D eigenvalue weighted by Gasteiger charge is -2.19. The number of hydrogen-bond donors (Lipinski definition) is 1. The fourth-order valence-corrected chi connectivity index (χ4v) is 2.09. The van der Waals surface area contributed by atoms with Crippen molar-refractivity contribution in [1.82, 2.24) is 5.32 Å². The van der Waals surface area contributed by atoms with Gasteiger partial charge in [0.15, 0.2) is 6.10 Å². The topological polar surface area (TPSA) is 47.6 Å². The molecule has 0 spiro atoms. The summed E-state index contributed by atoms with van der Waals surface area (Å²) in [7, 11) is 1.59. The highest BCUT2D eigenvalue weighted by Gasteiger charge is 2.17. The molecule has 22 heavy (non-hydrogen) atoms. The summed E-state index contributed by atoms with van der Waals surface area (Å²) in [6.07, 6.45) is -0.585. The molecule has 2 rings (SSSR count). The number of hydrogen-bond acceptors (Lipinski definition) is 3. The Morgan fingerprint density at radius 2 is 1.68 bits per heavy atom. The zero-order chi connectivity index (χ0) is 15.9. The van der Waals surface area contributed by atoms with Crippen LogP contribution in [-0.4, -0.2) is 19.1 Å². The van der Waals surface area contributed by atoms with Gasteiger partial charge in [-0.25, -0.2) is 0 Å². The summed E-state index contributed by atoms with van der Waals surface area (Å²) in [5.74, 6) is 1.15. The van der Waals surface area contributed by atoms with Gasteiger partial charge in [-0.05, 0) is 31.5 Å². The van der Waals surface area contributed by atoms with Crippen molar-refractivity contribution in [3.63, 3.8) is 0 Å². The second-order valence-electron chi connectivity index (χ2n) is 5.08. The average molecular weight is 299 g/mol. The van der Waals surface area contributed by atoms with E-state index in [4.69, 9.17) is 9.47 Å². The first kappa shape index (κ1) is 15.9. The van der Waals surface area contributed by atoms with Gasteiger partial charge in [-0.2, -0.15) is 0 Å². The zero-order valence-corrected chi connectivity index (χ0v) is 13.1. The van der Waals surface area contributed by atoms with Crippen LogP contribution in [0.4, 0.5) is 0 Å². The van der Waals surface area contributed by atoms with Gasteiger partial charge in [-0.1, -0.05) is 36.4 Å². The summed E-state index contributed by atoms with van der Waals surface area (Å²) in [6, 6.07) is 17.0. The lowest BCUT2D eigenvalue weighted by atomic mass is 10.1. The number of carbonyl (C=O) groups is 1. The number of nitrogens with one attached hydrogen (secondary N) is 1. The minimum Gasteiger partial charge on any atom is -0.497 e. The molecular weight excluding hydrogens is 278 g/mol. The van der Waals surface area contributed by atoms with Crippen LogP contribution in [0.25, 0.3) is 0 Å². The summed E-state index contributed by atoms with van der Waals surface area (Å²) >= 11 is 0. The summed E-state index contributed by atoms with van der Waals surface area (Å²) in [5, 5.41) is 2.95. The highest BCUT2D eigenvalue weighted by Crippen LogP contribution is 2.20. The van der Waals surface area contributed by atoms with Crippen LogP contribution in [0.5, 0.6) is 11.5 Å². The van der Waals surface area contributed by atoms with E-state index in [1.807, 2.05) is 49.4 Å². The Kier molecular flexibility index (Phi) is 5.42. The Morgan fingerprint density at radius 3 is 2.36 bits per heavy atom. The molecule has 2 aromatic carbocycles. The van der Waals surface area contributed by atoms with Gasteiger partial charge < -0.3 is 14.8 Å². The smallest absolute Gasteiger partial charge is 0.261 e. The van der Waals surface area contributed by atoms with Crippen molar-refractivity contribution >= 4 is 5.91 Å². The van der Waals surface area contributed by atoms with Crippen LogP contribution in [0.1, 0.15) is 25.5 Å². The van der Waals surface area contributed by atoms with Crippen LogP contribution in [0.15, 0.2) is 54.6 Å². The van der Waals surface area contributed by atoms with Gasteiger partial charge in [-0.15, -0.1) is 0 Å². The van der Waals surface area contributed by atoms with E-state index in [0.29, 0.717) is 11.5 Å². The largest absolute Gasteiger partial charge is 0.497 e. The van der Waals surface area contributed by atoms with Crippen molar-refractivity contribution in [2.24, 2.45) is 0 Å². The quantitative estimate of drug-likeness (QED) is 0.890. The van der Waals surface area contributed by atoms with Crippen molar-refractivity contribution in [2.75, 3.05) is 7.11 Å². The fourth-order valence-electron chi connectivity index (χ4n) is 2.09. The summed E-state index contributed by atoms with van der Waals surface area (Å²) < 4.78 is 10.8. The van der Waals surface area contributed by atoms with Crippen molar-refractivity contribution in [3.05, 3.63) is 60.2 Å². The highest BCUT2D eigenvalue weighted by molar-refractivity contribution is 5.81. The molecule has 0 aliphatic carbocycles. The minimum absolute atomic E-state index is 0.0648. The Hall–Kier alpha value is -2.49. The summed E-state index contributed by atoms with van der Waals surface area (Å²) in [5.41, 5.74) is 1.06. The van der Waals surface area contributed by atoms with Gasteiger partial charge in [0, 0.05) is 6.07 Å². The fraction of sp³-hybridized carbons (Fsp3) is 0.278. The van der Waals surface area contributed by atoms with Gasteiger partial charge in [0.05, 0.1) is 13.2 Å². The van der Waals surface area contributed by atoms with E-state index in [1.54, 1.807) is 26.2 Å². The van der Waals surface area contributed by atoms with E-state index in [1.165, 1.54) is 0 Å². The average Bonchev–Trinajstić information content (AvgIpc) is 2.55. The molecule has 0 aromatic heterocycles. The first-order valence-electron chi connectivity index (χ1n) is 7.26. The van der Waals surface area contributed by atoms with E-state index in [0.717, 1.165) is 5.56 Å². The molecule has 1 N–H and O–H groups in total. The lowest BCUT2D eigenvalue weighted by molar-refractivity contribution is -0.127. The Morgan fingerprint density at radius 1 is 1.00 bits per heavy atom. The molecular formula is C18H21NO3. The number of methoxy groups -OCH3 is 1. The van der Waals surface area contributed by atoms with E-state index in [2.05, 4.69) is 5.32 Å². The normalized spacial score (nSPS) is 13.0. The third-order valence-electron chi connectivity index (χ3n) is 3.38. The molecule has 0 aliphatic heterocycles. The Bertz CT molecular complexity index is 613. The molecule has 2 aromatic rings. The summed E-state index contributed by atoms with van der Waals surface area (Å²) in [6.45, 7) is 3.68. The van der Waals surface area contributed by atoms with Crippen molar-refractivity contribution in [2.45, 2.75) is 26.0 Å². The molecule has 4 heteroatoms. The number of amides is 1. The van der Waals surface area contributed by atoms with Gasteiger partial charge in [0.1, 0.15) is 11.5 Å². The van der Waals surface area contributed by atoms with E-state index >= 15 is 0 Å². The third kappa shape index (κ3) is 4.25. The van der Waals surface area contributed by atoms with Gasteiger partial charge >= 0.3 is 0 Å². The third-order valence-corrected chi connectivity index (χ3v) is 3.38. The van der Waals surface area contributed by atoms with Crippen LogP contribution in [0.3, 0.4) is 0 Å². The van der Waals surface area contributed by atoms with Crippen LogP contribution in [-0.2, 0) is 4.79 Å². The van der Waals surface area contributed by atoms with Crippen LogP contribution in [0.2, 0.25) is 0 Å². The van der Waals surface area contributed by atoms with E-state index < -0.39 is 6.10 Å². The minimum atomic E-state index is -0.585. The molecule has 116 valence electrons. The SMILES string of the molecule is COc1cccc(OC(C)C(=O)NC(C)c2ccccc2)c1. The molecule has 0 fully saturated rings. The molecule has 2 unspecified atom stereocenters. The second-order valence-corrected chi connectivity index (χ2v) is 5.08. The molecule has 0 saturated heterocycles. The highest BCUT2D eigenvalue weighted by atomic mass is 16.5. The Labute approximate surface area is 131 Å². The van der Waals surface area contributed by atoms with Crippen molar-refractivity contribution in [3.8, 4) is 11.5 Å². The molecule has 1 amide bonds. The molecule has 0 saturated carbocycles. The standard InChI is InChI=1S/C18H21NO3/c1-13(15-8-5-4-6-9-15)19-18(20)14(2)22-17-11-7-10-16(12-17)21-3/h4-14H,1-3H3,(H,19,20). The van der Waals surface area contributed by atoms with Crippen molar-refractivity contribution in [1.29, 1.82) is 0 Å². The van der Waals surface area contributed by atoms with E-state index in [-0.39, 0.29) is 11.9 Å². The first-order valence-corrected chi connectivity index (χ1v) is 7.26. The predicted octanol–water partition coefficient (Wildman–Crippen LogP) is 3.34. The maximum atomic E-state index is 12.2.